The van der Waals surface area contributed by atoms with Gasteiger partial charge in [-0.3, -0.25) is 0 Å². The molecule has 9 heteroatoms. The Morgan fingerprint density at radius 3 is 2.78 bits per heavy atom. The summed E-state index contributed by atoms with van der Waals surface area (Å²) in [5, 5.41) is 2.03. The Labute approximate surface area is 149 Å². The number of thiophene rings is 2. The molecular weight excluding hydrogens is 458 g/mol. The van der Waals surface area contributed by atoms with Gasteiger partial charge in [0.25, 0.3) is 0 Å². The van der Waals surface area contributed by atoms with Gasteiger partial charge in [0.2, 0.25) is 0 Å². The minimum atomic E-state index is -4.47. The summed E-state index contributed by atoms with van der Waals surface area (Å²) >= 11 is 5.52. The van der Waals surface area contributed by atoms with Crippen LogP contribution in [0, 0.1) is 3.57 Å². The maximum absolute atomic E-state index is 12.8. The van der Waals surface area contributed by atoms with E-state index in [2.05, 4.69) is 32.6 Å². The van der Waals surface area contributed by atoms with Crippen molar-refractivity contribution >= 4 is 65.7 Å². The second kappa shape index (κ2) is 5.15. The van der Waals surface area contributed by atoms with Crippen LogP contribution in [0.3, 0.4) is 0 Å². The van der Waals surface area contributed by atoms with E-state index in [0.29, 0.717) is 16.9 Å². The number of pyridine rings is 1. The number of hydrogen-bond acceptors (Lipinski definition) is 4. The fraction of sp³-hybridized carbons (Fsp3) is 0.143. The van der Waals surface area contributed by atoms with E-state index in [1.807, 2.05) is 11.4 Å². The van der Waals surface area contributed by atoms with Gasteiger partial charge in [-0.2, -0.15) is 13.2 Å². The molecule has 0 saturated carbocycles. The summed E-state index contributed by atoms with van der Waals surface area (Å²) in [6, 6.07) is 3.05. The third-order valence-corrected chi connectivity index (χ3v) is 7.52. The van der Waals surface area contributed by atoms with Gasteiger partial charge >= 0.3 is 6.18 Å². The van der Waals surface area contributed by atoms with E-state index in [0.717, 1.165) is 19.2 Å². The molecule has 0 aromatic carbocycles. The summed E-state index contributed by atoms with van der Waals surface area (Å²) in [7, 11) is 1.80. The quantitative estimate of drug-likeness (QED) is 0.346. The van der Waals surface area contributed by atoms with Crippen LogP contribution >= 0.6 is 45.3 Å². The molecule has 4 aromatic rings. The van der Waals surface area contributed by atoms with Gasteiger partial charge in [-0.1, -0.05) is 0 Å². The smallest absolute Gasteiger partial charge is 0.325 e. The Morgan fingerprint density at radius 2 is 2.09 bits per heavy atom. The fourth-order valence-electron chi connectivity index (χ4n) is 2.39. The zero-order chi connectivity index (χ0) is 16.4. The van der Waals surface area contributed by atoms with E-state index >= 15 is 0 Å². The van der Waals surface area contributed by atoms with E-state index in [1.165, 1.54) is 10.9 Å². The summed E-state index contributed by atoms with van der Waals surface area (Å²) in [6.07, 6.45) is -3.23. The zero-order valence-corrected chi connectivity index (χ0v) is 15.3. The fourth-order valence-corrected chi connectivity index (χ4v) is 5.98. The highest BCUT2D eigenvalue weighted by Gasteiger charge is 2.33. The summed E-state index contributed by atoms with van der Waals surface area (Å²) < 4.78 is 43.7. The molecular formula is C14H7F3IN3S2. The first-order valence-corrected chi connectivity index (χ1v) is 9.19. The molecule has 0 saturated heterocycles. The van der Waals surface area contributed by atoms with Gasteiger partial charge in [0, 0.05) is 11.7 Å². The van der Waals surface area contributed by atoms with Crippen molar-refractivity contribution in [2.45, 2.75) is 6.18 Å². The van der Waals surface area contributed by atoms with Crippen molar-refractivity contribution in [3.05, 3.63) is 33.0 Å². The molecule has 0 aliphatic carbocycles. The molecule has 0 aliphatic heterocycles. The number of fused-ring (bicyclic) bond motifs is 2. The van der Waals surface area contributed by atoms with Gasteiger partial charge in [0.05, 0.1) is 30.4 Å². The van der Waals surface area contributed by atoms with Gasteiger partial charge in [-0.05, 0) is 40.1 Å². The molecule has 0 fully saturated rings. The molecule has 0 bridgehead atoms. The van der Waals surface area contributed by atoms with E-state index in [9.17, 15) is 13.2 Å². The zero-order valence-electron chi connectivity index (χ0n) is 11.5. The predicted octanol–water partition coefficient (Wildman–Crippen LogP) is 5.53. The second-order valence-corrected chi connectivity index (χ2v) is 7.96. The number of aromatic nitrogens is 3. The molecule has 4 heterocycles. The molecule has 3 nitrogen and oxygen atoms in total. The van der Waals surface area contributed by atoms with Gasteiger partial charge < -0.3 is 4.57 Å². The molecule has 4 aromatic heterocycles. The van der Waals surface area contributed by atoms with Crippen molar-refractivity contribution < 1.29 is 13.2 Å². The lowest BCUT2D eigenvalue weighted by Crippen LogP contribution is -2.07. The Kier molecular flexibility index (Phi) is 3.43. The molecule has 0 N–H and O–H groups in total. The summed E-state index contributed by atoms with van der Waals surface area (Å²) in [5.74, 6) is 0.666. The average Bonchev–Trinajstić information content (AvgIpc) is 3.14. The standard InChI is InChI=1S/C14H7F3IN3S2/c1-21-7-5-19-9(14(15,16)17)4-6(7)20-13(21)12-10(18)11-8(23-12)2-3-22-11/h2-5H,1H3. The van der Waals surface area contributed by atoms with Crippen LogP contribution in [-0.2, 0) is 13.2 Å². The van der Waals surface area contributed by atoms with E-state index in [4.69, 9.17) is 0 Å². The van der Waals surface area contributed by atoms with Crippen LogP contribution in [-0.4, -0.2) is 14.5 Å². The van der Waals surface area contributed by atoms with Gasteiger partial charge in [-0.15, -0.1) is 22.7 Å². The normalized spacial score (nSPS) is 12.6. The van der Waals surface area contributed by atoms with Crippen LogP contribution in [0.15, 0.2) is 23.7 Å². The molecule has 0 aliphatic rings. The lowest BCUT2D eigenvalue weighted by Gasteiger charge is -2.04. The Balaban J connectivity index is 1.95. The van der Waals surface area contributed by atoms with Crippen LogP contribution in [0.1, 0.15) is 5.69 Å². The highest BCUT2D eigenvalue weighted by atomic mass is 127. The first-order chi connectivity index (χ1) is 10.9. The van der Waals surface area contributed by atoms with E-state index < -0.39 is 11.9 Å². The average molecular weight is 465 g/mol. The topological polar surface area (TPSA) is 30.7 Å². The van der Waals surface area contributed by atoms with Crippen LogP contribution in [0.2, 0.25) is 0 Å². The highest BCUT2D eigenvalue weighted by Crippen LogP contribution is 2.42. The first-order valence-electron chi connectivity index (χ1n) is 6.42. The largest absolute Gasteiger partial charge is 0.433 e. The summed E-state index contributed by atoms with van der Waals surface area (Å²) in [6.45, 7) is 0. The highest BCUT2D eigenvalue weighted by molar-refractivity contribution is 14.1. The van der Waals surface area contributed by atoms with Crippen molar-refractivity contribution in [2.75, 3.05) is 0 Å². The van der Waals surface area contributed by atoms with Gasteiger partial charge in [0.15, 0.2) is 5.82 Å². The van der Waals surface area contributed by atoms with Gasteiger partial charge in [0.1, 0.15) is 5.69 Å². The lowest BCUT2D eigenvalue weighted by molar-refractivity contribution is -0.141. The number of hydrogen-bond donors (Lipinski definition) is 0. The van der Waals surface area contributed by atoms with E-state index in [1.54, 1.807) is 34.3 Å². The molecule has 0 radical (unpaired) electrons. The molecule has 0 spiro atoms. The van der Waals surface area contributed by atoms with E-state index in [-0.39, 0.29) is 0 Å². The number of halogens is 4. The molecule has 4 rings (SSSR count). The SMILES string of the molecule is Cn1c(-c2sc3ccsc3c2I)nc2cc(C(F)(F)F)ncc21. The molecule has 23 heavy (non-hydrogen) atoms. The lowest BCUT2D eigenvalue weighted by atomic mass is 10.3. The Morgan fingerprint density at radius 1 is 1.30 bits per heavy atom. The third-order valence-electron chi connectivity index (χ3n) is 3.50. The Hall–Kier alpha value is -1.20. The predicted molar refractivity (Wildman–Crippen MR) is 94.9 cm³/mol. The second-order valence-electron chi connectivity index (χ2n) is 4.91. The van der Waals surface area contributed by atoms with Crippen molar-refractivity contribution in [2.24, 2.45) is 7.05 Å². The van der Waals surface area contributed by atoms with Crippen LogP contribution in [0.25, 0.3) is 31.1 Å². The number of aryl methyl sites for hydroxylation is 1. The number of alkyl halides is 3. The minimum Gasteiger partial charge on any atom is -0.325 e. The number of rotatable bonds is 1. The number of imidazole rings is 1. The summed E-state index contributed by atoms with van der Waals surface area (Å²) in [4.78, 5) is 8.92. The van der Waals surface area contributed by atoms with Crippen LogP contribution < -0.4 is 0 Å². The maximum atomic E-state index is 12.8. The first kappa shape index (κ1) is 15.3. The molecule has 0 unspecified atom stereocenters. The minimum absolute atomic E-state index is 0.303. The van der Waals surface area contributed by atoms with Gasteiger partial charge in [-0.25, -0.2) is 9.97 Å². The van der Waals surface area contributed by atoms with Crippen LogP contribution in [0.4, 0.5) is 13.2 Å². The Bertz CT molecular complexity index is 1050. The van der Waals surface area contributed by atoms with Crippen molar-refractivity contribution in [1.82, 2.24) is 14.5 Å². The molecule has 0 atom stereocenters. The number of nitrogens with zero attached hydrogens (tertiary/aromatic N) is 3. The third kappa shape index (κ3) is 2.36. The molecule has 118 valence electrons. The van der Waals surface area contributed by atoms with Crippen molar-refractivity contribution in [3.63, 3.8) is 0 Å². The molecule has 0 amide bonds. The van der Waals surface area contributed by atoms with Crippen molar-refractivity contribution in [1.29, 1.82) is 0 Å². The summed E-state index contributed by atoms with van der Waals surface area (Å²) in [5.41, 5.74) is -0.0329. The van der Waals surface area contributed by atoms with Crippen LogP contribution in [0.5, 0.6) is 0 Å². The maximum Gasteiger partial charge on any atom is 0.433 e. The van der Waals surface area contributed by atoms with Crippen molar-refractivity contribution in [3.8, 4) is 10.7 Å². The monoisotopic (exact) mass is 465 g/mol.